The second kappa shape index (κ2) is 10.4. The molecule has 0 radical (unpaired) electrons. The number of furan rings is 1. The zero-order valence-corrected chi connectivity index (χ0v) is 22.6. The number of tetrazole rings is 1. The molecule has 5 rings (SSSR count). The van der Waals surface area contributed by atoms with Crippen LogP contribution >= 0.6 is 0 Å². The van der Waals surface area contributed by atoms with Crippen molar-refractivity contribution in [2.24, 2.45) is 0 Å². The summed E-state index contributed by atoms with van der Waals surface area (Å²) in [7, 11) is 0. The summed E-state index contributed by atoms with van der Waals surface area (Å²) in [6.45, 7) is 11.4. The Labute approximate surface area is 222 Å². The number of pyridine rings is 1. The predicted octanol–water partition coefficient (Wildman–Crippen LogP) is 5.66. The van der Waals surface area contributed by atoms with Crippen molar-refractivity contribution in [3.63, 3.8) is 0 Å². The summed E-state index contributed by atoms with van der Waals surface area (Å²) < 4.78 is 7.63. The quantitative estimate of drug-likeness (QED) is 0.275. The minimum Gasteiger partial charge on any atom is -0.468 e. The zero-order chi connectivity index (χ0) is 26.9. The van der Waals surface area contributed by atoms with Gasteiger partial charge in [-0.2, -0.15) is 0 Å². The van der Waals surface area contributed by atoms with Crippen molar-refractivity contribution >= 4 is 10.9 Å². The molecule has 2 aromatic carbocycles. The summed E-state index contributed by atoms with van der Waals surface area (Å²) in [5, 5.41) is 14.0. The van der Waals surface area contributed by atoms with E-state index in [1.54, 1.807) is 6.26 Å². The number of aromatic nitrogens is 5. The van der Waals surface area contributed by atoms with Crippen molar-refractivity contribution in [3.05, 3.63) is 111 Å². The maximum atomic E-state index is 13.8. The normalized spacial score (nSPS) is 12.9. The summed E-state index contributed by atoms with van der Waals surface area (Å²) in [5.41, 5.74) is 4.21. The van der Waals surface area contributed by atoms with E-state index in [4.69, 9.17) is 4.42 Å². The summed E-state index contributed by atoms with van der Waals surface area (Å²) in [5.74, 6) is 1.41. The Morgan fingerprint density at radius 1 is 1.05 bits per heavy atom. The van der Waals surface area contributed by atoms with Gasteiger partial charge < -0.3 is 9.40 Å². The molecule has 1 atom stereocenters. The minimum atomic E-state index is -0.532. The molecule has 0 bridgehead atoms. The van der Waals surface area contributed by atoms with Crippen molar-refractivity contribution in [3.8, 4) is 0 Å². The molecule has 196 valence electrons. The van der Waals surface area contributed by atoms with Gasteiger partial charge >= 0.3 is 0 Å². The van der Waals surface area contributed by atoms with Crippen LogP contribution in [0, 0.1) is 13.8 Å². The second-order valence-electron chi connectivity index (χ2n) is 10.6. The fourth-order valence-electron chi connectivity index (χ4n) is 5.01. The van der Waals surface area contributed by atoms with Gasteiger partial charge in [0.15, 0.2) is 5.82 Å². The number of rotatable bonds is 9. The molecule has 0 aliphatic rings. The molecule has 0 amide bonds. The van der Waals surface area contributed by atoms with Gasteiger partial charge in [-0.3, -0.25) is 9.69 Å². The lowest BCUT2D eigenvalue weighted by Crippen LogP contribution is -2.38. The van der Waals surface area contributed by atoms with Crippen molar-refractivity contribution in [2.45, 2.75) is 65.7 Å². The van der Waals surface area contributed by atoms with Gasteiger partial charge in [0, 0.05) is 12.1 Å². The third kappa shape index (κ3) is 5.04. The Morgan fingerprint density at radius 3 is 2.55 bits per heavy atom. The van der Waals surface area contributed by atoms with E-state index in [0.29, 0.717) is 24.5 Å². The van der Waals surface area contributed by atoms with Gasteiger partial charge in [-0.25, -0.2) is 4.68 Å². The van der Waals surface area contributed by atoms with Crippen LogP contribution in [0.2, 0.25) is 0 Å². The SMILES string of the molecule is CCC(C)(C)n1nnnc1[C@@H](c1cc2cc(C)cc(C)c2[nH]c1=O)N(Cc1ccccc1)Cc1ccco1. The number of aryl methyl sites for hydroxylation is 2. The molecule has 0 spiro atoms. The lowest BCUT2D eigenvalue weighted by Gasteiger charge is -2.33. The molecular weight excluding hydrogens is 476 g/mol. The molecule has 3 aromatic heterocycles. The van der Waals surface area contributed by atoms with E-state index in [2.05, 4.69) is 77.4 Å². The van der Waals surface area contributed by atoms with E-state index in [0.717, 1.165) is 39.8 Å². The Morgan fingerprint density at radius 2 is 1.84 bits per heavy atom. The number of nitrogens with one attached hydrogen (secondary N) is 1. The molecule has 0 saturated carbocycles. The summed E-state index contributed by atoms with van der Waals surface area (Å²) in [6, 6.07) is 19.7. The summed E-state index contributed by atoms with van der Waals surface area (Å²) in [4.78, 5) is 19.2. The first-order valence-corrected chi connectivity index (χ1v) is 13.0. The Kier molecular flexibility index (Phi) is 6.99. The first kappa shape index (κ1) is 25.6. The summed E-state index contributed by atoms with van der Waals surface area (Å²) in [6.07, 6.45) is 2.49. The van der Waals surface area contributed by atoms with E-state index < -0.39 is 6.04 Å². The van der Waals surface area contributed by atoms with Gasteiger partial charge in [0.1, 0.15) is 11.8 Å². The summed E-state index contributed by atoms with van der Waals surface area (Å²) >= 11 is 0. The number of nitrogens with zero attached hydrogens (tertiary/aromatic N) is 5. The van der Waals surface area contributed by atoms with Crippen LogP contribution in [0.4, 0.5) is 0 Å². The Hall–Kier alpha value is -4.04. The van der Waals surface area contributed by atoms with Crippen LogP contribution in [0.5, 0.6) is 0 Å². The van der Waals surface area contributed by atoms with Crippen LogP contribution in [0.15, 0.2) is 76.1 Å². The molecule has 0 fully saturated rings. The molecule has 38 heavy (non-hydrogen) atoms. The third-order valence-electron chi connectivity index (χ3n) is 7.33. The number of benzene rings is 2. The van der Waals surface area contributed by atoms with Crippen LogP contribution in [0.1, 0.15) is 67.1 Å². The van der Waals surface area contributed by atoms with E-state index >= 15 is 0 Å². The lowest BCUT2D eigenvalue weighted by molar-refractivity contribution is 0.168. The molecule has 8 heteroatoms. The topological polar surface area (TPSA) is 92.8 Å². The third-order valence-corrected chi connectivity index (χ3v) is 7.33. The Bertz CT molecular complexity index is 1580. The van der Waals surface area contributed by atoms with E-state index in [-0.39, 0.29) is 11.1 Å². The van der Waals surface area contributed by atoms with E-state index in [1.807, 2.05) is 48.0 Å². The molecule has 0 aliphatic carbocycles. The van der Waals surface area contributed by atoms with Crippen molar-refractivity contribution in [1.82, 2.24) is 30.1 Å². The molecule has 0 unspecified atom stereocenters. The first-order valence-electron chi connectivity index (χ1n) is 13.0. The van der Waals surface area contributed by atoms with Gasteiger partial charge in [0.25, 0.3) is 5.56 Å². The highest BCUT2D eigenvalue weighted by Crippen LogP contribution is 2.33. The van der Waals surface area contributed by atoms with E-state index in [1.165, 1.54) is 0 Å². The van der Waals surface area contributed by atoms with E-state index in [9.17, 15) is 4.79 Å². The molecule has 0 saturated heterocycles. The smallest absolute Gasteiger partial charge is 0.253 e. The Balaban J connectivity index is 1.75. The number of H-pyrrole nitrogens is 1. The number of aromatic amines is 1. The maximum Gasteiger partial charge on any atom is 0.253 e. The van der Waals surface area contributed by atoms with Crippen LogP contribution in [0.25, 0.3) is 10.9 Å². The van der Waals surface area contributed by atoms with Crippen LogP contribution in [-0.4, -0.2) is 30.1 Å². The number of hydrogen-bond acceptors (Lipinski definition) is 6. The standard InChI is InChI=1S/C30H34N6O2/c1-6-30(4,5)36-28(32-33-34-36)27(25-17-23-16-20(2)15-21(3)26(23)31-29(25)37)35(19-24-13-10-14-38-24)18-22-11-8-7-9-12-22/h7-17,27H,6,18-19H2,1-5H3,(H,31,37)/t27-/m1/s1. The fraction of sp³-hybridized carbons (Fsp3) is 0.333. The lowest BCUT2D eigenvalue weighted by atomic mass is 9.98. The van der Waals surface area contributed by atoms with Gasteiger partial charge in [-0.05, 0) is 85.3 Å². The maximum absolute atomic E-state index is 13.8. The average Bonchev–Trinajstić information content (AvgIpc) is 3.59. The van der Waals surface area contributed by atoms with Crippen molar-refractivity contribution in [1.29, 1.82) is 0 Å². The number of fused-ring (bicyclic) bond motifs is 1. The molecule has 5 aromatic rings. The first-order chi connectivity index (χ1) is 18.3. The highest BCUT2D eigenvalue weighted by molar-refractivity contribution is 5.83. The predicted molar refractivity (Wildman–Crippen MR) is 148 cm³/mol. The van der Waals surface area contributed by atoms with Gasteiger partial charge in [0.05, 0.1) is 23.9 Å². The average molecular weight is 511 g/mol. The molecule has 8 nitrogen and oxygen atoms in total. The highest BCUT2D eigenvalue weighted by Gasteiger charge is 2.35. The molecule has 0 aliphatic heterocycles. The van der Waals surface area contributed by atoms with Crippen molar-refractivity contribution in [2.75, 3.05) is 0 Å². The monoisotopic (exact) mass is 510 g/mol. The minimum absolute atomic E-state index is 0.157. The molecular formula is C30H34N6O2. The largest absolute Gasteiger partial charge is 0.468 e. The number of hydrogen-bond donors (Lipinski definition) is 1. The highest BCUT2D eigenvalue weighted by atomic mass is 16.3. The van der Waals surface area contributed by atoms with Crippen LogP contribution in [0.3, 0.4) is 0 Å². The van der Waals surface area contributed by atoms with Gasteiger partial charge in [-0.15, -0.1) is 5.10 Å². The second-order valence-corrected chi connectivity index (χ2v) is 10.6. The molecule has 1 N–H and O–H groups in total. The van der Waals surface area contributed by atoms with Crippen molar-refractivity contribution < 1.29 is 4.42 Å². The fourth-order valence-corrected chi connectivity index (χ4v) is 5.01. The van der Waals surface area contributed by atoms with Gasteiger partial charge in [0.2, 0.25) is 0 Å². The molecule has 3 heterocycles. The van der Waals surface area contributed by atoms with Crippen LogP contribution in [-0.2, 0) is 18.6 Å². The van der Waals surface area contributed by atoms with Gasteiger partial charge in [-0.1, -0.05) is 48.9 Å². The zero-order valence-electron chi connectivity index (χ0n) is 22.6. The van der Waals surface area contributed by atoms with Crippen LogP contribution < -0.4 is 5.56 Å².